The molecule has 0 bridgehead atoms. The number of sulfonamides is 1. The molecule has 1 heterocycles. The van der Waals surface area contributed by atoms with Crippen molar-refractivity contribution in [1.82, 2.24) is 9.78 Å². The summed E-state index contributed by atoms with van der Waals surface area (Å²) in [7, 11) is -3.53. The number of benzene rings is 2. The number of aromatic nitrogens is 2. The quantitative estimate of drug-likeness (QED) is 0.713. The maximum absolute atomic E-state index is 13.4. The van der Waals surface area contributed by atoms with Gasteiger partial charge in [-0.15, -0.1) is 0 Å². The average Bonchev–Trinajstić information content (AvgIpc) is 2.86. The molecule has 9 heteroatoms. The van der Waals surface area contributed by atoms with Gasteiger partial charge in [-0.3, -0.25) is 19.3 Å². The fourth-order valence-corrected chi connectivity index (χ4v) is 3.18. The van der Waals surface area contributed by atoms with E-state index < -0.39 is 32.5 Å². The molecule has 1 aromatic heterocycles. The number of aromatic amines is 1. The Bertz CT molecular complexity index is 1130. The number of hydrogen-bond donors (Lipinski definition) is 2. The van der Waals surface area contributed by atoms with Gasteiger partial charge in [-0.1, -0.05) is 6.07 Å². The van der Waals surface area contributed by atoms with Crippen molar-refractivity contribution < 1.29 is 17.2 Å². The third-order valence-corrected chi connectivity index (χ3v) is 5.74. The second kappa shape index (κ2) is 6.56. The van der Waals surface area contributed by atoms with E-state index in [1.165, 1.54) is 22.9 Å². The molecular weight excluding hydrogens is 364 g/mol. The van der Waals surface area contributed by atoms with E-state index in [9.17, 15) is 22.0 Å². The Labute approximate surface area is 148 Å². The number of rotatable bonds is 5. The summed E-state index contributed by atoms with van der Waals surface area (Å²) in [5, 5.41) is 2.29. The number of anilines is 1. The van der Waals surface area contributed by atoms with Crippen molar-refractivity contribution in [3.05, 3.63) is 63.9 Å². The molecule has 2 aromatic carbocycles. The summed E-state index contributed by atoms with van der Waals surface area (Å²) in [6.45, 7) is 3.23. The van der Waals surface area contributed by atoms with E-state index in [0.29, 0.717) is 11.1 Å². The Morgan fingerprint density at radius 1 is 1.12 bits per heavy atom. The van der Waals surface area contributed by atoms with E-state index in [-0.39, 0.29) is 17.6 Å². The summed E-state index contributed by atoms with van der Waals surface area (Å²) >= 11 is 0. The molecule has 26 heavy (non-hydrogen) atoms. The van der Waals surface area contributed by atoms with Crippen molar-refractivity contribution in [2.24, 2.45) is 0 Å². The third kappa shape index (κ3) is 3.48. The minimum Gasteiger partial charge on any atom is -0.283 e. The van der Waals surface area contributed by atoms with E-state index in [4.69, 9.17) is 0 Å². The lowest BCUT2D eigenvalue weighted by molar-refractivity contribution is 0.506. The van der Waals surface area contributed by atoms with Crippen LogP contribution in [0.15, 0.2) is 41.2 Å². The van der Waals surface area contributed by atoms with Gasteiger partial charge in [0.1, 0.15) is 0 Å². The Morgan fingerprint density at radius 2 is 1.85 bits per heavy atom. The van der Waals surface area contributed by atoms with Gasteiger partial charge in [-0.25, -0.2) is 17.2 Å². The van der Waals surface area contributed by atoms with Crippen LogP contribution < -0.4 is 10.3 Å². The first-order valence-electron chi connectivity index (χ1n) is 7.85. The molecule has 0 aliphatic rings. The Hall–Kier alpha value is -2.68. The molecule has 0 fully saturated rings. The molecule has 0 radical (unpaired) electrons. The van der Waals surface area contributed by atoms with Crippen molar-refractivity contribution in [3.63, 3.8) is 0 Å². The minimum absolute atomic E-state index is 0.132. The van der Waals surface area contributed by atoms with Gasteiger partial charge in [-0.2, -0.15) is 0 Å². The summed E-state index contributed by atoms with van der Waals surface area (Å²) in [6, 6.07) is 8.07. The van der Waals surface area contributed by atoms with E-state index in [2.05, 4.69) is 9.82 Å². The Kier molecular flexibility index (Phi) is 4.57. The third-order valence-electron chi connectivity index (χ3n) is 3.97. The topological polar surface area (TPSA) is 84.0 Å². The molecule has 0 aliphatic carbocycles. The van der Waals surface area contributed by atoms with Gasteiger partial charge in [0.15, 0.2) is 11.6 Å². The fraction of sp³-hybridized carbons (Fsp3) is 0.235. The van der Waals surface area contributed by atoms with Crippen molar-refractivity contribution in [2.75, 3.05) is 4.72 Å². The maximum atomic E-state index is 13.4. The molecule has 6 nitrogen and oxygen atoms in total. The van der Waals surface area contributed by atoms with Crippen LogP contribution in [0.5, 0.6) is 0 Å². The summed E-state index contributed by atoms with van der Waals surface area (Å²) in [6.07, 6.45) is 0. The van der Waals surface area contributed by atoms with Crippen LogP contribution >= 0.6 is 0 Å². The van der Waals surface area contributed by atoms with Gasteiger partial charge in [0, 0.05) is 5.69 Å². The number of hydrogen-bond acceptors (Lipinski definition) is 3. The van der Waals surface area contributed by atoms with Gasteiger partial charge in [0.05, 0.1) is 22.7 Å². The summed E-state index contributed by atoms with van der Waals surface area (Å²) in [4.78, 5) is 12.2. The molecule has 0 unspecified atom stereocenters. The maximum Gasteiger partial charge on any atom is 0.272 e. The van der Waals surface area contributed by atoms with Gasteiger partial charge in [0.2, 0.25) is 10.0 Å². The van der Waals surface area contributed by atoms with Crippen molar-refractivity contribution >= 4 is 26.6 Å². The average molecular weight is 381 g/mol. The van der Waals surface area contributed by atoms with Gasteiger partial charge >= 0.3 is 0 Å². The molecule has 2 N–H and O–H groups in total. The van der Waals surface area contributed by atoms with Crippen LogP contribution in [0, 0.1) is 11.6 Å². The van der Waals surface area contributed by atoms with E-state index >= 15 is 0 Å². The molecule has 0 saturated heterocycles. The second-order valence-corrected chi connectivity index (χ2v) is 8.44. The SMILES string of the molecule is CC(C)S(=O)(=O)Nc1ccc2c(c1)c(=O)[nH]n2Cc1ccc(F)c(F)c1. The largest absolute Gasteiger partial charge is 0.283 e. The smallest absolute Gasteiger partial charge is 0.272 e. The normalized spacial score (nSPS) is 12.0. The number of H-pyrrole nitrogens is 1. The first kappa shape index (κ1) is 18.1. The first-order chi connectivity index (χ1) is 12.2. The van der Waals surface area contributed by atoms with Crippen molar-refractivity contribution in [1.29, 1.82) is 0 Å². The second-order valence-electron chi connectivity index (χ2n) is 6.20. The summed E-state index contributed by atoms with van der Waals surface area (Å²) < 4.78 is 54.2. The Morgan fingerprint density at radius 3 is 2.50 bits per heavy atom. The predicted octanol–water partition coefficient (Wildman–Crippen LogP) is 2.81. The lowest BCUT2D eigenvalue weighted by Gasteiger charge is -2.11. The van der Waals surface area contributed by atoms with Crippen LogP contribution in [0.2, 0.25) is 0 Å². The molecule has 3 aromatic rings. The van der Waals surface area contributed by atoms with Crippen LogP contribution in [0.1, 0.15) is 19.4 Å². The van der Waals surface area contributed by atoms with Gasteiger partial charge < -0.3 is 0 Å². The number of fused-ring (bicyclic) bond motifs is 1. The zero-order chi connectivity index (χ0) is 19.1. The fourth-order valence-electron chi connectivity index (χ4n) is 2.49. The highest BCUT2D eigenvalue weighted by atomic mass is 32.2. The number of halogens is 2. The standard InChI is InChI=1S/C17H17F2N3O3S/c1-10(2)26(24,25)21-12-4-6-16-13(8-12)17(23)20-22(16)9-11-3-5-14(18)15(19)7-11/h3-8,10,21H,9H2,1-2H3,(H,20,23). The zero-order valence-electron chi connectivity index (χ0n) is 14.1. The summed E-state index contributed by atoms with van der Waals surface area (Å²) in [5.74, 6) is -1.91. The molecule has 3 rings (SSSR count). The van der Waals surface area contributed by atoms with Crippen LogP contribution in [-0.4, -0.2) is 23.4 Å². The molecule has 138 valence electrons. The highest BCUT2D eigenvalue weighted by molar-refractivity contribution is 7.93. The van der Waals surface area contributed by atoms with Crippen LogP contribution in [0.3, 0.4) is 0 Å². The molecule has 0 atom stereocenters. The highest BCUT2D eigenvalue weighted by Crippen LogP contribution is 2.19. The number of nitrogens with one attached hydrogen (secondary N) is 2. The van der Waals surface area contributed by atoms with Crippen LogP contribution in [0.25, 0.3) is 10.9 Å². The van der Waals surface area contributed by atoms with Crippen molar-refractivity contribution in [2.45, 2.75) is 25.6 Å². The minimum atomic E-state index is -3.53. The van der Waals surface area contributed by atoms with E-state index in [0.717, 1.165) is 12.1 Å². The molecular formula is C17H17F2N3O3S. The van der Waals surface area contributed by atoms with E-state index in [1.807, 2.05) is 0 Å². The predicted molar refractivity (Wildman–Crippen MR) is 95.7 cm³/mol. The lowest BCUT2D eigenvalue weighted by atomic mass is 10.2. The van der Waals surface area contributed by atoms with Crippen molar-refractivity contribution in [3.8, 4) is 0 Å². The first-order valence-corrected chi connectivity index (χ1v) is 9.40. The molecule has 0 spiro atoms. The van der Waals surface area contributed by atoms with Gasteiger partial charge in [0.25, 0.3) is 5.56 Å². The number of nitrogens with zero attached hydrogens (tertiary/aromatic N) is 1. The summed E-state index contributed by atoms with van der Waals surface area (Å²) in [5.41, 5.74) is 0.865. The molecule has 0 aliphatic heterocycles. The zero-order valence-corrected chi connectivity index (χ0v) is 14.9. The van der Waals surface area contributed by atoms with Gasteiger partial charge in [-0.05, 0) is 49.7 Å². The lowest BCUT2D eigenvalue weighted by Crippen LogP contribution is -2.22. The highest BCUT2D eigenvalue weighted by Gasteiger charge is 2.17. The van der Waals surface area contributed by atoms with Crippen LogP contribution in [0.4, 0.5) is 14.5 Å². The van der Waals surface area contributed by atoms with E-state index in [1.54, 1.807) is 19.9 Å². The molecule has 0 saturated carbocycles. The monoisotopic (exact) mass is 381 g/mol. The Balaban J connectivity index is 1.97. The van der Waals surface area contributed by atoms with Crippen LogP contribution in [-0.2, 0) is 16.6 Å². The molecule has 0 amide bonds.